The van der Waals surface area contributed by atoms with Crippen LogP contribution >= 0.6 is 15.9 Å². The molecule has 0 radical (unpaired) electrons. The van der Waals surface area contributed by atoms with Crippen molar-refractivity contribution >= 4 is 27.5 Å². The molecule has 0 bridgehead atoms. The van der Waals surface area contributed by atoms with Gasteiger partial charge in [-0.1, -0.05) is 28.1 Å². The van der Waals surface area contributed by atoms with Crippen LogP contribution in [0.2, 0.25) is 0 Å². The lowest BCUT2D eigenvalue weighted by Gasteiger charge is -2.02. The number of halogens is 1. The van der Waals surface area contributed by atoms with Gasteiger partial charge in [0.1, 0.15) is 17.9 Å². The zero-order valence-electron chi connectivity index (χ0n) is 8.12. The van der Waals surface area contributed by atoms with Gasteiger partial charge in [-0.15, -0.1) is 0 Å². The Balaban J connectivity index is 2.44. The quantitative estimate of drug-likeness (QED) is 0.773. The summed E-state index contributed by atoms with van der Waals surface area (Å²) in [6.45, 7) is 0.223. The van der Waals surface area contributed by atoms with E-state index in [4.69, 9.17) is 9.47 Å². The van der Waals surface area contributed by atoms with E-state index in [2.05, 4.69) is 15.9 Å². The average Bonchev–Trinajstić information content (AvgIpc) is 2.61. The number of rotatable bonds is 2. The maximum absolute atomic E-state index is 11.5. The van der Waals surface area contributed by atoms with Crippen LogP contribution in [-0.2, 0) is 14.3 Å². The minimum Gasteiger partial charge on any atom is -0.497 e. The molecule has 0 saturated carbocycles. The van der Waals surface area contributed by atoms with E-state index in [1.54, 1.807) is 0 Å². The molecule has 4 heteroatoms. The van der Waals surface area contributed by atoms with Crippen LogP contribution in [-0.4, -0.2) is 19.7 Å². The van der Waals surface area contributed by atoms with Gasteiger partial charge in [0.25, 0.3) is 0 Å². The Bertz CT molecular complexity index is 420. The maximum atomic E-state index is 11.5. The third kappa shape index (κ3) is 1.90. The number of benzene rings is 1. The van der Waals surface area contributed by atoms with Gasteiger partial charge in [0, 0.05) is 4.47 Å². The highest BCUT2D eigenvalue weighted by atomic mass is 79.9. The number of esters is 1. The second-order valence-electron chi connectivity index (χ2n) is 3.09. The zero-order valence-corrected chi connectivity index (χ0v) is 9.71. The van der Waals surface area contributed by atoms with Gasteiger partial charge in [0.05, 0.1) is 7.11 Å². The van der Waals surface area contributed by atoms with Crippen molar-refractivity contribution in [3.63, 3.8) is 0 Å². The number of methoxy groups -OCH3 is 1. The molecule has 0 spiro atoms. The Labute approximate surface area is 95.8 Å². The van der Waals surface area contributed by atoms with Crippen LogP contribution < -0.4 is 0 Å². The zero-order chi connectivity index (χ0) is 10.8. The summed E-state index contributed by atoms with van der Waals surface area (Å²) in [5.74, 6) is 0.261. The molecule has 15 heavy (non-hydrogen) atoms. The molecule has 2 rings (SSSR count). The average molecular weight is 269 g/mol. The number of carbonyl (C=O) groups excluding carboxylic acids is 1. The summed E-state index contributed by atoms with van der Waals surface area (Å²) in [5, 5.41) is 0. The fourth-order valence-corrected chi connectivity index (χ4v) is 1.71. The van der Waals surface area contributed by atoms with Crippen molar-refractivity contribution in [2.75, 3.05) is 13.7 Å². The molecule has 0 aliphatic carbocycles. The molecule has 1 aliphatic heterocycles. The SMILES string of the molecule is COC1=C(c2ccc(Br)cc2)C(=O)OC1. The van der Waals surface area contributed by atoms with Crippen molar-refractivity contribution < 1.29 is 14.3 Å². The van der Waals surface area contributed by atoms with E-state index in [1.165, 1.54) is 7.11 Å². The molecule has 0 unspecified atom stereocenters. The summed E-state index contributed by atoms with van der Waals surface area (Å²) in [6, 6.07) is 7.46. The highest BCUT2D eigenvalue weighted by Crippen LogP contribution is 2.27. The minimum absolute atomic E-state index is 0.223. The number of hydrogen-bond donors (Lipinski definition) is 0. The van der Waals surface area contributed by atoms with Crippen LogP contribution in [0.4, 0.5) is 0 Å². The van der Waals surface area contributed by atoms with Gasteiger partial charge in [-0.2, -0.15) is 0 Å². The molecule has 0 aromatic heterocycles. The second kappa shape index (κ2) is 4.06. The molecular weight excluding hydrogens is 260 g/mol. The summed E-state index contributed by atoms with van der Waals surface area (Å²) in [4.78, 5) is 11.5. The predicted octanol–water partition coefficient (Wildman–Crippen LogP) is 2.36. The summed E-state index contributed by atoms with van der Waals surface area (Å²) in [7, 11) is 1.54. The standard InChI is InChI=1S/C11H9BrO3/c1-14-9-6-15-11(13)10(9)7-2-4-8(12)5-3-7/h2-5H,6H2,1H3. The topological polar surface area (TPSA) is 35.5 Å². The lowest BCUT2D eigenvalue weighted by atomic mass is 10.1. The first kappa shape index (κ1) is 10.2. The molecule has 0 atom stereocenters. The van der Waals surface area contributed by atoms with Crippen LogP contribution in [0, 0.1) is 0 Å². The Morgan fingerprint density at radius 1 is 1.33 bits per heavy atom. The van der Waals surface area contributed by atoms with Crippen molar-refractivity contribution in [3.8, 4) is 0 Å². The summed E-state index contributed by atoms with van der Waals surface area (Å²) in [5.41, 5.74) is 1.34. The van der Waals surface area contributed by atoms with Gasteiger partial charge in [0.15, 0.2) is 0 Å². The monoisotopic (exact) mass is 268 g/mol. The number of hydrogen-bond acceptors (Lipinski definition) is 3. The molecule has 1 aliphatic rings. The molecule has 0 amide bonds. The molecule has 3 nitrogen and oxygen atoms in total. The minimum atomic E-state index is -0.325. The van der Waals surface area contributed by atoms with Crippen LogP contribution in [0.3, 0.4) is 0 Å². The molecular formula is C11H9BrO3. The predicted molar refractivity (Wildman–Crippen MR) is 59.0 cm³/mol. The lowest BCUT2D eigenvalue weighted by Crippen LogP contribution is -1.98. The van der Waals surface area contributed by atoms with Crippen molar-refractivity contribution in [3.05, 3.63) is 40.1 Å². The van der Waals surface area contributed by atoms with E-state index >= 15 is 0 Å². The number of carbonyl (C=O) groups is 1. The van der Waals surface area contributed by atoms with Crippen LogP contribution in [0.5, 0.6) is 0 Å². The second-order valence-corrected chi connectivity index (χ2v) is 4.00. The van der Waals surface area contributed by atoms with Crippen molar-refractivity contribution in [2.45, 2.75) is 0 Å². The number of ether oxygens (including phenoxy) is 2. The first-order valence-corrected chi connectivity index (χ1v) is 5.22. The van der Waals surface area contributed by atoms with Crippen LogP contribution in [0.15, 0.2) is 34.5 Å². The van der Waals surface area contributed by atoms with E-state index in [1.807, 2.05) is 24.3 Å². The van der Waals surface area contributed by atoms with Crippen LogP contribution in [0.1, 0.15) is 5.56 Å². The van der Waals surface area contributed by atoms with Gasteiger partial charge < -0.3 is 9.47 Å². The van der Waals surface area contributed by atoms with E-state index < -0.39 is 0 Å². The Kier molecular flexibility index (Phi) is 2.77. The van der Waals surface area contributed by atoms with Crippen LogP contribution in [0.25, 0.3) is 5.57 Å². The summed E-state index contributed by atoms with van der Waals surface area (Å²) in [6.07, 6.45) is 0. The summed E-state index contributed by atoms with van der Waals surface area (Å²) < 4.78 is 11.0. The molecule has 1 heterocycles. The fraction of sp³-hybridized carbons (Fsp3) is 0.182. The van der Waals surface area contributed by atoms with Gasteiger partial charge >= 0.3 is 5.97 Å². The Hall–Kier alpha value is -1.29. The molecule has 78 valence electrons. The molecule has 0 fully saturated rings. The van der Waals surface area contributed by atoms with Crippen molar-refractivity contribution in [1.82, 2.24) is 0 Å². The first-order valence-electron chi connectivity index (χ1n) is 4.42. The Morgan fingerprint density at radius 3 is 2.60 bits per heavy atom. The van der Waals surface area contributed by atoms with Gasteiger partial charge in [-0.3, -0.25) is 0 Å². The van der Waals surface area contributed by atoms with Gasteiger partial charge in [0.2, 0.25) is 0 Å². The lowest BCUT2D eigenvalue weighted by molar-refractivity contribution is -0.134. The van der Waals surface area contributed by atoms with Gasteiger partial charge in [-0.05, 0) is 17.7 Å². The molecule has 1 aromatic rings. The first-order chi connectivity index (χ1) is 7.22. The third-order valence-electron chi connectivity index (χ3n) is 2.20. The largest absolute Gasteiger partial charge is 0.497 e. The molecule has 0 saturated heterocycles. The molecule has 0 N–H and O–H groups in total. The highest BCUT2D eigenvalue weighted by molar-refractivity contribution is 9.10. The van der Waals surface area contributed by atoms with E-state index in [9.17, 15) is 4.79 Å². The fourth-order valence-electron chi connectivity index (χ4n) is 1.45. The van der Waals surface area contributed by atoms with Crippen molar-refractivity contribution in [1.29, 1.82) is 0 Å². The van der Waals surface area contributed by atoms with Gasteiger partial charge in [-0.25, -0.2) is 4.79 Å². The summed E-state index contributed by atoms with van der Waals surface area (Å²) >= 11 is 3.34. The smallest absolute Gasteiger partial charge is 0.342 e. The van der Waals surface area contributed by atoms with E-state index in [0.29, 0.717) is 11.3 Å². The Morgan fingerprint density at radius 2 is 2.00 bits per heavy atom. The van der Waals surface area contributed by atoms with E-state index in [0.717, 1.165) is 10.0 Å². The molecule has 1 aromatic carbocycles. The maximum Gasteiger partial charge on any atom is 0.342 e. The number of cyclic esters (lactones) is 1. The van der Waals surface area contributed by atoms with Crippen molar-refractivity contribution in [2.24, 2.45) is 0 Å². The van der Waals surface area contributed by atoms with E-state index in [-0.39, 0.29) is 12.6 Å². The normalized spacial score (nSPS) is 15.5. The highest BCUT2D eigenvalue weighted by Gasteiger charge is 2.26. The third-order valence-corrected chi connectivity index (χ3v) is 2.73.